The lowest BCUT2D eigenvalue weighted by Crippen LogP contribution is -2.18. The van der Waals surface area contributed by atoms with Crippen LogP contribution in [0.15, 0.2) is 6.07 Å². The number of hydrogen-bond acceptors (Lipinski definition) is 2. The predicted molar refractivity (Wildman–Crippen MR) is 63.2 cm³/mol. The largest absolute Gasteiger partial charge is 0.494 e. The van der Waals surface area contributed by atoms with Gasteiger partial charge in [-0.15, -0.1) is 0 Å². The smallest absolute Gasteiger partial charge is 0.252 e. The maximum atomic E-state index is 11.5. The molecule has 0 aliphatic heterocycles. The Labute approximate surface area is 99.5 Å². The molecule has 1 amide bonds. The Hall–Kier alpha value is -1.22. The molecular formula is C12H14ClNO2. The van der Waals surface area contributed by atoms with Gasteiger partial charge in [-0.2, -0.15) is 0 Å². The van der Waals surface area contributed by atoms with Crippen LogP contribution in [0.2, 0.25) is 5.02 Å². The summed E-state index contributed by atoms with van der Waals surface area (Å²) < 4.78 is 5.17. The van der Waals surface area contributed by atoms with Crippen LogP contribution in [0, 0.1) is 0 Å². The van der Waals surface area contributed by atoms with Gasteiger partial charge in [0.2, 0.25) is 0 Å². The van der Waals surface area contributed by atoms with E-state index >= 15 is 0 Å². The van der Waals surface area contributed by atoms with E-state index in [-0.39, 0.29) is 0 Å². The first kappa shape index (κ1) is 11.3. The van der Waals surface area contributed by atoms with Crippen molar-refractivity contribution in [1.29, 1.82) is 0 Å². The predicted octanol–water partition coefficient (Wildman–Crippen LogP) is 2.33. The fourth-order valence-electron chi connectivity index (χ4n) is 2.31. The molecule has 3 nitrogen and oxygen atoms in total. The van der Waals surface area contributed by atoms with E-state index in [1.54, 1.807) is 0 Å². The quantitative estimate of drug-likeness (QED) is 0.861. The van der Waals surface area contributed by atoms with Gasteiger partial charge < -0.3 is 10.5 Å². The summed E-state index contributed by atoms with van der Waals surface area (Å²) in [6.07, 6.45) is 4.05. The first-order chi connectivity index (χ1) is 7.65. The van der Waals surface area contributed by atoms with Crippen LogP contribution in [0.5, 0.6) is 5.75 Å². The second-order valence-corrected chi connectivity index (χ2v) is 4.38. The average molecular weight is 240 g/mol. The number of ether oxygens (including phenoxy) is 1. The number of carbonyl (C=O) groups is 1. The lowest BCUT2D eigenvalue weighted by Gasteiger charge is -2.21. The van der Waals surface area contributed by atoms with Gasteiger partial charge in [0.25, 0.3) is 5.91 Å². The minimum atomic E-state index is -0.461. The molecular weight excluding hydrogens is 226 g/mol. The summed E-state index contributed by atoms with van der Waals surface area (Å²) in [4.78, 5) is 11.5. The zero-order valence-corrected chi connectivity index (χ0v) is 9.93. The Bertz CT molecular complexity index is 443. The topological polar surface area (TPSA) is 52.3 Å². The number of halogens is 1. The number of methoxy groups -OCH3 is 1. The van der Waals surface area contributed by atoms with Crippen molar-refractivity contribution in [2.45, 2.75) is 25.7 Å². The van der Waals surface area contributed by atoms with E-state index < -0.39 is 5.91 Å². The minimum absolute atomic E-state index is 0.412. The van der Waals surface area contributed by atoms with Crippen molar-refractivity contribution < 1.29 is 9.53 Å². The van der Waals surface area contributed by atoms with E-state index in [4.69, 9.17) is 22.1 Å². The van der Waals surface area contributed by atoms with Crippen LogP contribution in [0.25, 0.3) is 0 Å². The third kappa shape index (κ3) is 1.76. The highest BCUT2D eigenvalue weighted by Gasteiger charge is 2.23. The molecule has 0 saturated carbocycles. The van der Waals surface area contributed by atoms with Gasteiger partial charge in [0.1, 0.15) is 5.75 Å². The molecule has 16 heavy (non-hydrogen) atoms. The van der Waals surface area contributed by atoms with Crippen molar-refractivity contribution >= 4 is 17.5 Å². The van der Waals surface area contributed by atoms with Crippen molar-refractivity contribution in [3.63, 3.8) is 0 Å². The average Bonchev–Trinajstić information content (AvgIpc) is 2.26. The highest BCUT2D eigenvalue weighted by Crippen LogP contribution is 2.36. The van der Waals surface area contributed by atoms with Crippen LogP contribution in [0.4, 0.5) is 0 Å². The first-order valence-corrected chi connectivity index (χ1v) is 5.71. The molecule has 2 N–H and O–H groups in total. The number of hydrogen-bond donors (Lipinski definition) is 1. The van der Waals surface area contributed by atoms with E-state index in [1.165, 1.54) is 7.11 Å². The molecule has 0 atom stereocenters. The van der Waals surface area contributed by atoms with Crippen molar-refractivity contribution in [2.24, 2.45) is 5.73 Å². The Morgan fingerprint density at radius 3 is 2.75 bits per heavy atom. The SMILES string of the molecule is COc1c(Cl)cc2c(c1C(N)=O)CCCC2. The summed E-state index contributed by atoms with van der Waals surface area (Å²) in [7, 11) is 1.50. The van der Waals surface area contributed by atoms with Crippen LogP contribution < -0.4 is 10.5 Å². The summed E-state index contributed by atoms with van der Waals surface area (Å²) in [5.74, 6) is -0.0488. The molecule has 86 valence electrons. The summed E-state index contributed by atoms with van der Waals surface area (Å²) in [5.41, 5.74) is 8.01. The molecule has 4 heteroatoms. The Morgan fingerprint density at radius 1 is 1.44 bits per heavy atom. The molecule has 0 spiro atoms. The zero-order valence-electron chi connectivity index (χ0n) is 9.18. The third-order valence-electron chi connectivity index (χ3n) is 3.01. The highest BCUT2D eigenvalue weighted by molar-refractivity contribution is 6.32. The summed E-state index contributed by atoms with van der Waals surface area (Å²) >= 11 is 6.08. The molecule has 0 aromatic heterocycles. The molecule has 1 aromatic rings. The number of amides is 1. The summed E-state index contributed by atoms with van der Waals surface area (Å²) in [6.45, 7) is 0. The Morgan fingerprint density at radius 2 is 2.12 bits per heavy atom. The van der Waals surface area contributed by atoms with E-state index in [1.807, 2.05) is 6.07 Å². The molecule has 1 aliphatic rings. The van der Waals surface area contributed by atoms with E-state index in [2.05, 4.69) is 0 Å². The number of rotatable bonds is 2. The molecule has 2 rings (SSSR count). The zero-order chi connectivity index (χ0) is 11.7. The second-order valence-electron chi connectivity index (χ2n) is 3.98. The van der Waals surface area contributed by atoms with Gasteiger partial charge in [0.15, 0.2) is 0 Å². The molecule has 0 bridgehead atoms. The fourth-order valence-corrected chi connectivity index (χ4v) is 2.61. The second kappa shape index (κ2) is 4.34. The lowest BCUT2D eigenvalue weighted by molar-refractivity contribution is 0.0996. The Balaban J connectivity index is 2.68. The molecule has 1 aliphatic carbocycles. The standard InChI is InChI=1S/C12H14ClNO2/c1-16-11-9(13)6-7-4-2-3-5-8(7)10(11)12(14)15/h6H,2-5H2,1H3,(H2,14,15). The first-order valence-electron chi connectivity index (χ1n) is 5.33. The van der Waals surface area contributed by atoms with Crippen molar-refractivity contribution in [3.8, 4) is 5.75 Å². The van der Waals surface area contributed by atoms with Crippen LogP contribution >= 0.6 is 11.6 Å². The third-order valence-corrected chi connectivity index (χ3v) is 3.29. The van der Waals surface area contributed by atoms with Crippen LogP contribution in [-0.4, -0.2) is 13.0 Å². The van der Waals surface area contributed by atoms with E-state index in [9.17, 15) is 4.79 Å². The van der Waals surface area contributed by atoms with Gasteiger partial charge >= 0.3 is 0 Å². The van der Waals surface area contributed by atoms with Crippen molar-refractivity contribution in [3.05, 3.63) is 27.8 Å². The monoisotopic (exact) mass is 239 g/mol. The summed E-state index contributed by atoms with van der Waals surface area (Å²) in [5, 5.41) is 0.469. The molecule has 0 radical (unpaired) electrons. The van der Waals surface area contributed by atoms with Gasteiger partial charge in [0, 0.05) is 0 Å². The molecule has 0 saturated heterocycles. The fraction of sp³-hybridized carbons (Fsp3) is 0.417. The number of carbonyl (C=O) groups excluding carboxylic acids is 1. The molecule has 1 aromatic carbocycles. The number of primary amides is 1. The number of fused-ring (bicyclic) bond motifs is 1. The highest BCUT2D eigenvalue weighted by atomic mass is 35.5. The van der Waals surface area contributed by atoms with Gasteiger partial charge in [-0.05, 0) is 42.9 Å². The van der Waals surface area contributed by atoms with Crippen LogP contribution in [0.3, 0.4) is 0 Å². The van der Waals surface area contributed by atoms with Gasteiger partial charge in [-0.1, -0.05) is 11.6 Å². The minimum Gasteiger partial charge on any atom is -0.494 e. The maximum absolute atomic E-state index is 11.5. The molecule has 0 fully saturated rings. The van der Waals surface area contributed by atoms with Crippen LogP contribution in [-0.2, 0) is 12.8 Å². The van der Waals surface area contributed by atoms with Crippen LogP contribution in [0.1, 0.15) is 34.3 Å². The van der Waals surface area contributed by atoms with Gasteiger partial charge in [0.05, 0.1) is 17.7 Å². The molecule has 0 unspecified atom stereocenters. The van der Waals surface area contributed by atoms with E-state index in [0.29, 0.717) is 16.3 Å². The lowest BCUT2D eigenvalue weighted by atomic mass is 9.87. The number of aryl methyl sites for hydroxylation is 1. The Kier molecular flexibility index (Phi) is 3.06. The number of benzene rings is 1. The van der Waals surface area contributed by atoms with Gasteiger partial charge in [-0.3, -0.25) is 4.79 Å². The normalized spacial score (nSPS) is 14.4. The molecule has 0 heterocycles. The van der Waals surface area contributed by atoms with Gasteiger partial charge in [-0.25, -0.2) is 0 Å². The summed E-state index contributed by atoms with van der Waals surface area (Å²) in [6, 6.07) is 1.89. The van der Waals surface area contributed by atoms with Crippen molar-refractivity contribution in [1.82, 2.24) is 0 Å². The van der Waals surface area contributed by atoms with Crippen molar-refractivity contribution in [2.75, 3.05) is 7.11 Å². The maximum Gasteiger partial charge on any atom is 0.252 e. The van der Waals surface area contributed by atoms with E-state index in [0.717, 1.165) is 36.8 Å². The number of nitrogens with two attached hydrogens (primary N) is 1.